The zero-order valence-electron chi connectivity index (χ0n) is 17.5. The molecule has 1 aromatic rings. The number of amides is 1. The van der Waals surface area contributed by atoms with Gasteiger partial charge in [0.2, 0.25) is 5.91 Å². The monoisotopic (exact) mass is 398 g/mol. The summed E-state index contributed by atoms with van der Waals surface area (Å²) < 4.78 is 9.71. The number of esters is 2. The van der Waals surface area contributed by atoms with E-state index in [0.29, 0.717) is 11.4 Å². The van der Waals surface area contributed by atoms with Gasteiger partial charge >= 0.3 is 11.9 Å². The number of methoxy groups -OCH3 is 2. The summed E-state index contributed by atoms with van der Waals surface area (Å²) in [5.41, 5.74) is 1.68. The first-order valence-corrected chi connectivity index (χ1v) is 9.07. The van der Waals surface area contributed by atoms with Gasteiger partial charge in [-0.2, -0.15) is 0 Å². The van der Waals surface area contributed by atoms with Crippen LogP contribution in [0.2, 0.25) is 0 Å². The number of aryl methyl sites for hydroxylation is 1. The predicted molar refractivity (Wildman–Crippen MR) is 111 cm³/mol. The van der Waals surface area contributed by atoms with Crippen LogP contribution >= 0.6 is 0 Å². The van der Waals surface area contributed by atoms with E-state index in [4.69, 9.17) is 9.47 Å². The molecule has 154 valence electrons. The van der Waals surface area contributed by atoms with Gasteiger partial charge in [0.25, 0.3) is 0 Å². The molecule has 0 fully saturated rings. The van der Waals surface area contributed by atoms with Crippen molar-refractivity contribution in [3.63, 3.8) is 0 Å². The Hall–Kier alpha value is -3.35. The smallest absolute Gasteiger partial charge is 0.355 e. The van der Waals surface area contributed by atoms with E-state index in [0.717, 1.165) is 5.56 Å². The molecule has 0 saturated heterocycles. The summed E-state index contributed by atoms with van der Waals surface area (Å²) in [6.45, 7) is 7.36. The molecule has 1 heterocycles. The molecule has 0 spiro atoms. The number of carbonyl (C=O) groups excluding carboxylic acids is 3. The number of hydrogen-bond donors (Lipinski definition) is 1. The van der Waals surface area contributed by atoms with Crippen LogP contribution in [0.15, 0.2) is 53.9 Å². The molecule has 1 N–H and O–H groups in total. The molecule has 29 heavy (non-hydrogen) atoms. The van der Waals surface area contributed by atoms with Gasteiger partial charge in [-0.3, -0.25) is 4.79 Å². The fraction of sp³-hybridized carbons (Fsp3) is 0.318. The third-order valence-corrected chi connectivity index (χ3v) is 4.31. The van der Waals surface area contributed by atoms with Crippen molar-refractivity contribution in [2.24, 2.45) is 5.41 Å². The molecule has 1 aromatic carbocycles. The van der Waals surface area contributed by atoms with Gasteiger partial charge in [-0.05, 0) is 42.8 Å². The minimum absolute atomic E-state index is 0.0372. The van der Waals surface area contributed by atoms with Gasteiger partial charge in [0.15, 0.2) is 0 Å². The van der Waals surface area contributed by atoms with E-state index in [-0.39, 0.29) is 17.2 Å². The summed E-state index contributed by atoms with van der Waals surface area (Å²) in [5, 5.41) is 2.91. The van der Waals surface area contributed by atoms with Crippen molar-refractivity contribution < 1.29 is 23.9 Å². The largest absolute Gasteiger partial charge is 0.465 e. The second-order valence-corrected chi connectivity index (χ2v) is 7.52. The fourth-order valence-corrected chi connectivity index (χ4v) is 2.61. The number of hydrogen-bond acceptors (Lipinski definition) is 6. The highest BCUT2D eigenvalue weighted by Crippen LogP contribution is 2.30. The van der Waals surface area contributed by atoms with Gasteiger partial charge in [0, 0.05) is 23.0 Å². The fourth-order valence-electron chi connectivity index (χ4n) is 2.61. The van der Waals surface area contributed by atoms with Crippen LogP contribution in [0, 0.1) is 12.3 Å². The predicted octanol–water partition coefficient (Wildman–Crippen LogP) is 3.47. The standard InChI is InChI=1S/C22H26N2O5/c1-14-13-15(10-11-17(14)23-21(27)22(2,3)4)24-12-8-7-9-16(19(25)28-5)18(24)20(26)29-6/h7-13H,1-6H3,(H,23,27). The zero-order chi connectivity index (χ0) is 21.8. The number of anilines is 2. The Bertz CT molecular complexity index is 920. The van der Waals surface area contributed by atoms with E-state index in [9.17, 15) is 14.4 Å². The molecular formula is C22H26N2O5. The molecule has 0 bridgehead atoms. The first-order chi connectivity index (χ1) is 13.6. The quantitative estimate of drug-likeness (QED) is 0.782. The maximum atomic E-state index is 12.5. The highest BCUT2D eigenvalue weighted by Gasteiger charge is 2.28. The maximum Gasteiger partial charge on any atom is 0.355 e. The van der Waals surface area contributed by atoms with E-state index >= 15 is 0 Å². The Morgan fingerprint density at radius 1 is 1.00 bits per heavy atom. The van der Waals surface area contributed by atoms with Gasteiger partial charge < -0.3 is 19.7 Å². The molecule has 0 unspecified atom stereocenters. The molecule has 0 aliphatic carbocycles. The normalized spacial score (nSPS) is 13.8. The van der Waals surface area contributed by atoms with Crippen LogP contribution in [-0.4, -0.2) is 32.1 Å². The number of nitrogens with one attached hydrogen (secondary N) is 1. The lowest BCUT2D eigenvalue weighted by Crippen LogP contribution is -2.28. The molecule has 7 nitrogen and oxygen atoms in total. The molecular weight excluding hydrogens is 372 g/mol. The van der Waals surface area contributed by atoms with E-state index < -0.39 is 17.4 Å². The minimum atomic E-state index is -0.677. The summed E-state index contributed by atoms with van der Waals surface area (Å²) in [4.78, 5) is 38.6. The van der Waals surface area contributed by atoms with Crippen LogP contribution in [0.4, 0.5) is 11.4 Å². The Kier molecular flexibility index (Phi) is 6.64. The number of ether oxygens (including phenoxy) is 2. The van der Waals surface area contributed by atoms with E-state index in [2.05, 4.69) is 5.32 Å². The first kappa shape index (κ1) is 21.9. The molecule has 0 saturated carbocycles. The summed E-state index contributed by atoms with van der Waals surface area (Å²) in [6.07, 6.45) is 6.49. The minimum Gasteiger partial charge on any atom is -0.465 e. The molecule has 2 rings (SSSR count). The average Bonchev–Trinajstić information content (AvgIpc) is 2.90. The van der Waals surface area contributed by atoms with Crippen molar-refractivity contribution >= 4 is 29.2 Å². The summed E-state index contributed by atoms with van der Waals surface area (Å²) >= 11 is 0. The Morgan fingerprint density at radius 3 is 2.21 bits per heavy atom. The van der Waals surface area contributed by atoms with Gasteiger partial charge in [0.05, 0.1) is 19.8 Å². The Labute approximate surface area is 170 Å². The van der Waals surface area contributed by atoms with E-state index in [1.165, 1.54) is 20.3 Å². The van der Waals surface area contributed by atoms with Crippen LogP contribution < -0.4 is 10.2 Å². The van der Waals surface area contributed by atoms with Crippen molar-refractivity contribution in [3.8, 4) is 0 Å². The first-order valence-electron chi connectivity index (χ1n) is 9.07. The number of nitrogens with zero attached hydrogens (tertiary/aromatic N) is 1. The third kappa shape index (κ3) is 4.93. The summed E-state index contributed by atoms with van der Waals surface area (Å²) in [7, 11) is 2.49. The summed E-state index contributed by atoms with van der Waals surface area (Å²) in [6, 6.07) is 5.32. The Balaban J connectivity index is 2.51. The number of carbonyl (C=O) groups is 3. The van der Waals surface area contributed by atoms with E-state index in [1.807, 2.05) is 33.8 Å². The van der Waals surface area contributed by atoms with Crippen molar-refractivity contribution in [1.29, 1.82) is 0 Å². The van der Waals surface area contributed by atoms with Crippen LogP contribution in [0.1, 0.15) is 26.3 Å². The van der Waals surface area contributed by atoms with Crippen LogP contribution in [-0.2, 0) is 23.9 Å². The highest BCUT2D eigenvalue weighted by atomic mass is 16.5. The van der Waals surface area contributed by atoms with Crippen LogP contribution in [0.3, 0.4) is 0 Å². The van der Waals surface area contributed by atoms with Crippen LogP contribution in [0.25, 0.3) is 0 Å². The second kappa shape index (κ2) is 8.77. The molecule has 7 heteroatoms. The van der Waals surface area contributed by atoms with Crippen molar-refractivity contribution in [2.75, 3.05) is 24.4 Å². The lowest BCUT2D eigenvalue weighted by Gasteiger charge is -2.24. The Morgan fingerprint density at radius 2 is 1.66 bits per heavy atom. The number of rotatable bonds is 4. The number of benzene rings is 1. The molecule has 0 aromatic heterocycles. The van der Waals surface area contributed by atoms with Gasteiger partial charge in [-0.1, -0.05) is 26.8 Å². The topological polar surface area (TPSA) is 84.9 Å². The highest BCUT2D eigenvalue weighted by molar-refractivity contribution is 6.05. The molecule has 1 aliphatic heterocycles. The molecule has 1 aliphatic rings. The van der Waals surface area contributed by atoms with E-state index in [1.54, 1.807) is 35.4 Å². The lowest BCUT2D eigenvalue weighted by atomic mass is 9.95. The second-order valence-electron chi connectivity index (χ2n) is 7.52. The third-order valence-electron chi connectivity index (χ3n) is 4.31. The number of allylic oxidation sites excluding steroid dienone is 2. The molecule has 0 radical (unpaired) electrons. The van der Waals surface area contributed by atoms with Gasteiger partial charge in [-0.25, -0.2) is 9.59 Å². The SMILES string of the molecule is COC(=O)C1=C(C(=O)OC)N(c2ccc(NC(=O)C(C)(C)C)c(C)c2)C=CC=C1. The van der Waals surface area contributed by atoms with Crippen molar-refractivity contribution in [1.82, 2.24) is 0 Å². The lowest BCUT2D eigenvalue weighted by molar-refractivity contribution is -0.139. The molecule has 1 amide bonds. The van der Waals surface area contributed by atoms with Gasteiger partial charge in [0.1, 0.15) is 5.70 Å². The maximum absolute atomic E-state index is 12.5. The van der Waals surface area contributed by atoms with Crippen molar-refractivity contribution in [2.45, 2.75) is 27.7 Å². The zero-order valence-corrected chi connectivity index (χ0v) is 17.5. The average molecular weight is 398 g/mol. The van der Waals surface area contributed by atoms with Crippen LogP contribution in [0.5, 0.6) is 0 Å². The molecule has 0 atom stereocenters. The van der Waals surface area contributed by atoms with Gasteiger partial charge in [-0.15, -0.1) is 0 Å². The van der Waals surface area contributed by atoms with Crippen molar-refractivity contribution in [3.05, 3.63) is 59.5 Å². The summed E-state index contributed by atoms with van der Waals surface area (Å²) in [5.74, 6) is -1.43.